The highest BCUT2D eigenvalue weighted by Crippen LogP contribution is 2.21. The van der Waals surface area contributed by atoms with Crippen molar-refractivity contribution >= 4 is 28.7 Å². The molecule has 1 aliphatic rings. The van der Waals surface area contributed by atoms with Crippen LogP contribution in [0.2, 0.25) is 0 Å². The number of anilines is 1. The van der Waals surface area contributed by atoms with E-state index in [0.717, 1.165) is 17.4 Å². The largest absolute Gasteiger partial charge is 0.331 e. The Balaban J connectivity index is 1.35. The van der Waals surface area contributed by atoms with Crippen LogP contribution in [0.1, 0.15) is 18.0 Å². The zero-order valence-corrected chi connectivity index (χ0v) is 14.0. The number of hydrogen-bond acceptors (Lipinski definition) is 4. The molecule has 1 saturated heterocycles. The first-order chi connectivity index (χ1) is 12.7. The Labute approximate surface area is 149 Å². The van der Waals surface area contributed by atoms with Crippen molar-refractivity contribution in [3.05, 3.63) is 54.4 Å². The van der Waals surface area contributed by atoms with Crippen molar-refractivity contribution in [2.75, 3.05) is 18.4 Å². The van der Waals surface area contributed by atoms with Crippen LogP contribution >= 0.6 is 0 Å². The molecule has 4 rings (SSSR count). The molecular formula is C18H18N6O2. The number of urea groups is 1. The molecule has 1 unspecified atom stereocenters. The molecule has 3 N–H and O–H groups in total. The average molecular weight is 350 g/mol. The van der Waals surface area contributed by atoms with Gasteiger partial charge in [0.15, 0.2) is 5.65 Å². The van der Waals surface area contributed by atoms with Crippen LogP contribution in [0.25, 0.3) is 11.0 Å². The van der Waals surface area contributed by atoms with E-state index in [2.05, 4.69) is 25.8 Å². The van der Waals surface area contributed by atoms with Crippen molar-refractivity contribution in [2.24, 2.45) is 0 Å². The molecule has 1 aromatic carbocycles. The summed E-state index contributed by atoms with van der Waals surface area (Å²) in [6.45, 7) is 0.522. The second-order valence-electron chi connectivity index (χ2n) is 6.20. The van der Waals surface area contributed by atoms with Gasteiger partial charge in [-0.2, -0.15) is 5.10 Å². The number of hydrogen-bond donors (Lipinski definition) is 3. The first-order valence-corrected chi connectivity index (χ1v) is 8.38. The maximum absolute atomic E-state index is 12.3. The number of aromatic amines is 1. The summed E-state index contributed by atoms with van der Waals surface area (Å²) in [6, 6.07) is 11.4. The van der Waals surface area contributed by atoms with Crippen LogP contribution in [0, 0.1) is 0 Å². The molecule has 0 bridgehead atoms. The topological polar surface area (TPSA) is 103 Å². The maximum Gasteiger partial charge on any atom is 0.318 e. The number of nitrogens with zero attached hydrogens (tertiary/aromatic N) is 3. The van der Waals surface area contributed by atoms with Crippen molar-refractivity contribution in [3.63, 3.8) is 0 Å². The molecule has 0 spiro atoms. The lowest BCUT2D eigenvalue weighted by atomic mass is 10.0. The van der Waals surface area contributed by atoms with Gasteiger partial charge in [-0.25, -0.2) is 9.78 Å². The van der Waals surface area contributed by atoms with Crippen LogP contribution < -0.4 is 10.6 Å². The fourth-order valence-corrected chi connectivity index (χ4v) is 3.06. The van der Waals surface area contributed by atoms with Crippen molar-refractivity contribution in [2.45, 2.75) is 12.5 Å². The molecule has 1 atom stereocenters. The van der Waals surface area contributed by atoms with Crippen LogP contribution in [0.15, 0.2) is 48.8 Å². The average Bonchev–Trinajstić information content (AvgIpc) is 3.12. The Kier molecular flexibility index (Phi) is 4.22. The summed E-state index contributed by atoms with van der Waals surface area (Å²) in [5.41, 5.74) is 2.30. The highest BCUT2D eigenvalue weighted by molar-refractivity contribution is 5.95. The van der Waals surface area contributed by atoms with E-state index in [4.69, 9.17) is 0 Å². The summed E-state index contributed by atoms with van der Waals surface area (Å²) < 4.78 is 0. The molecule has 0 saturated carbocycles. The fraction of sp³-hybridized carbons (Fsp3) is 0.222. The molecule has 8 heteroatoms. The van der Waals surface area contributed by atoms with Gasteiger partial charge in [0.05, 0.1) is 24.1 Å². The summed E-state index contributed by atoms with van der Waals surface area (Å²) in [6.07, 6.45) is 3.95. The quantitative estimate of drug-likeness (QED) is 0.670. The lowest BCUT2D eigenvalue weighted by molar-refractivity contribution is -0.116. The number of fused-ring (bicyclic) bond motifs is 1. The van der Waals surface area contributed by atoms with E-state index in [1.165, 1.54) is 4.90 Å². The van der Waals surface area contributed by atoms with E-state index >= 15 is 0 Å². The van der Waals surface area contributed by atoms with Gasteiger partial charge in [0, 0.05) is 11.9 Å². The third-order valence-electron chi connectivity index (χ3n) is 4.38. The predicted molar refractivity (Wildman–Crippen MR) is 96.4 cm³/mol. The number of H-pyrrole nitrogens is 1. The van der Waals surface area contributed by atoms with Gasteiger partial charge in [-0.1, -0.05) is 30.3 Å². The molecule has 132 valence electrons. The van der Waals surface area contributed by atoms with Gasteiger partial charge in [-0.3, -0.25) is 9.89 Å². The summed E-state index contributed by atoms with van der Waals surface area (Å²) >= 11 is 0. The van der Waals surface area contributed by atoms with Gasteiger partial charge >= 0.3 is 6.03 Å². The van der Waals surface area contributed by atoms with E-state index in [0.29, 0.717) is 17.9 Å². The van der Waals surface area contributed by atoms with Crippen molar-refractivity contribution in [1.82, 2.24) is 25.4 Å². The zero-order valence-electron chi connectivity index (χ0n) is 14.0. The van der Waals surface area contributed by atoms with E-state index in [1.807, 2.05) is 30.3 Å². The number of benzene rings is 1. The van der Waals surface area contributed by atoms with Crippen LogP contribution in [0.4, 0.5) is 10.5 Å². The van der Waals surface area contributed by atoms with Crippen LogP contribution in [-0.4, -0.2) is 45.1 Å². The summed E-state index contributed by atoms with van der Waals surface area (Å²) in [5.74, 6) is -0.261. The number of amides is 3. The molecule has 2 aromatic heterocycles. The number of rotatable bonds is 4. The fourth-order valence-electron chi connectivity index (χ4n) is 3.06. The number of carbonyl (C=O) groups is 2. The zero-order chi connectivity index (χ0) is 17.9. The Morgan fingerprint density at radius 3 is 2.92 bits per heavy atom. The van der Waals surface area contributed by atoms with E-state index in [1.54, 1.807) is 18.5 Å². The third kappa shape index (κ3) is 3.34. The van der Waals surface area contributed by atoms with Crippen molar-refractivity contribution in [3.8, 4) is 0 Å². The van der Waals surface area contributed by atoms with Gasteiger partial charge in [-0.15, -0.1) is 0 Å². The number of nitrogens with one attached hydrogen (secondary N) is 3. The number of aromatic nitrogens is 3. The van der Waals surface area contributed by atoms with E-state index in [9.17, 15) is 9.59 Å². The first-order valence-electron chi connectivity index (χ1n) is 8.38. The second-order valence-corrected chi connectivity index (χ2v) is 6.20. The summed E-state index contributed by atoms with van der Waals surface area (Å²) in [4.78, 5) is 30.3. The Morgan fingerprint density at radius 1 is 1.27 bits per heavy atom. The molecule has 1 aliphatic heterocycles. The van der Waals surface area contributed by atoms with Gasteiger partial charge < -0.3 is 15.5 Å². The minimum absolute atomic E-state index is 0.00321. The van der Waals surface area contributed by atoms with Crippen LogP contribution in [-0.2, 0) is 4.79 Å². The predicted octanol–water partition coefficient (Wildman–Crippen LogP) is 2.05. The highest BCUT2D eigenvalue weighted by atomic mass is 16.2. The standard InChI is InChI=1S/C18H18N6O2/c25-16(21-14-8-13-9-20-23-17(13)19-10-14)11-24-7-6-15(22-18(24)26)12-4-2-1-3-5-12/h1-5,8-10,15H,6-7,11H2,(H,21,25)(H,22,26)(H,19,20,23). The maximum atomic E-state index is 12.3. The van der Waals surface area contributed by atoms with Gasteiger partial charge in [-0.05, 0) is 18.1 Å². The third-order valence-corrected chi connectivity index (χ3v) is 4.38. The minimum atomic E-state index is -0.261. The Bertz CT molecular complexity index is 939. The molecular weight excluding hydrogens is 332 g/mol. The molecule has 3 heterocycles. The van der Waals surface area contributed by atoms with Crippen molar-refractivity contribution in [1.29, 1.82) is 0 Å². The van der Waals surface area contributed by atoms with E-state index in [-0.39, 0.29) is 24.5 Å². The van der Waals surface area contributed by atoms with Crippen molar-refractivity contribution < 1.29 is 9.59 Å². The molecule has 8 nitrogen and oxygen atoms in total. The van der Waals surface area contributed by atoms with E-state index < -0.39 is 0 Å². The smallest absolute Gasteiger partial charge is 0.318 e. The van der Waals surface area contributed by atoms with Crippen LogP contribution in [0.5, 0.6) is 0 Å². The van der Waals surface area contributed by atoms with Gasteiger partial charge in [0.2, 0.25) is 5.91 Å². The van der Waals surface area contributed by atoms with Gasteiger partial charge in [0.25, 0.3) is 0 Å². The first kappa shape index (κ1) is 16.1. The SMILES string of the molecule is O=C(CN1CCC(c2ccccc2)NC1=O)Nc1cnc2[nH]ncc2c1. The lowest BCUT2D eigenvalue weighted by Crippen LogP contribution is -2.50. The molecule has 3 aromatic rings. The lowest BCUT2D eigenvalue weighted by Gasteiger charge is -2.32. The Morgan fingerprint density at radius 2 is 2.12 bits per heavy atom. The van der Waals surface area contributed by atoms with Crippen LogP contribution in [0.3, 0.4) is 0 Å². The van der Waals surface area contributed by atoms with Gasteiger partial charge in [0.1, 0.15) is 6.54 Å². The number of pyridine rings is 1. The second kappa shape index (κ2) is 6.83. The molecule has 0 aliphatic carbocycles. The molecule has 0 radical (unpaired) electrons. The normalized spacial score (nSPS) is 17.2. The minimum Gasteiger partial charge on any atom is -0.331 e. The Hall–Kier alpha value is -3.42. The summed E-state index contributed by atoms with van der Waals surface area (Å²) in [7, 11) is 0. The molecule has 1 fully saturated rings. The number of carbonyl (C=O) groups excluding carboxylic acids is 2. The monoisotopic (exact) mass is 350 g/mol. The molecule has 26 heavy (non-hydrogen) atoms. The molecule has 3 amide bonds. The summed E-state index contributed by atoms with van der Waals surface area (Å²) in [5, 5.41) is 13.2. The highest BCUT2D eigenvalue weighted by Gasteiger charge is 2.27.